The monoisotopic (exact) mass is 287 g/mol. The van der Waals surface area contributed by atoms with E-state index in [9.17, 15) is 14.4 Å². The lowest BCUT2D eigenvalue weighted by molar-refractivity contribution is -0.150. The summed E-state index contributed by atoms with van der Waals surface area (Å²) in [6.45, 7) is 0.422. The van der Waals surface area contributed by atoms with E-state index in [1.165, 1.54) is 12.0 Å². The first-order chi connectivity index (χ1) is 10.1. The van der Waals surface area contributed by atoms with Crippen LogP contribution in [0, 0.1) is 11.8 Å². The van der Waals surface area contributed by atoms with E-state index in [-0.39, 0.29) is 23.7 Å². The average Bonchev–Trinajstić information content (AvgIpc) is 2.70. The highest BCUT2D eigenvalue weighted by Crippen LogP contribution is 2.37. The molecule has 1 heterocycles. The topological polar surface area (TPSA) is 63.7 Å². The molecule has 5 nitrogen and oxygen atoms in total. The molecule has 1 aromatic rings. The quantitative estimate of drug-likeness (QED) is 0.626. The molecule has 2 aliphatic rings. The van der Waals surface area contributed by atoms with Crippen molar-refractivity contribution in [2.45, 2.75) is 19.3 Å². The van der Waals surface area contributed by atoms with Crippen LogP contribution >= 0.6 is 0 Å². The Morgan fingerprint density at radius 1 is 1.19 bits per heavy atom. The molecule has 3 rings (SSSR count). The third kappa shape index (κ3) is 2.33. The number of benzene rings is 1. The number of carbonyl (C=O) groups is 3. The van der Waals surface area contributed by atoms with Gasteiger partial charge in [-0.15, -0.1) is 0 Å². The van der Waals surface area contributed by atoms with Crippen LogP contribution < -0.4 is 0 Å². The maximum Gasteiger partial charge on any atom is 0.308 e. The van der Waals surface area contributed by atoms with Gasteiger partial charge in [-0.3, -0.25) is 19.3 Å². The first-order valence-electron chi connectivity index (χ1n) is 7.15. The summed E-state index contributed by atoms with van der Waals surface area (Å²) < 4.78 is 4.70. The number of imide groups is 1. The zero-order chi connectivity index (χ0) is 15.0. The summed E-state index contributed by atoms with van der Waals surface area (Å²) in [5.41, 5.74) is 0.979. The molecular formula is C16H17NO4. The Morgan fingerprint density at radius 3 is 2.29 bits per heavy atom. The van der Waals surface area contributed by atoms with Gasteiger partial charge in [-0.1, -0.05) is 12.1 Å². The first kappa shape index (κ1) is 13.8. The lowest BCUT2D eigenvalue weighted by atomic mass is 9.73. The Balaban J connectivity index is 1.55. The van der Waals surface area contributed by atoms with E-state index >= 15 is 0 Å². The van der Waals surface area contributed by atoms with Crippen molar-refractivity contribution in [3.05, 3.63) is 35.4 Å². The molecule has 110 valence electrons. The molecule has 0 radical (unpaired) electrons. The Morgan fingerprint density at radius 2 is 1.76 bits per heavy atom. The van der Waals surface area contributed by atoms with Gasteiger partial charge in [0.1, 0.15) is 0 Å². The summed E-state index contributed by atoms with van der Waals surface area (Å²) >= 11 is 0. The summed E-state index contributed by atoms with van der Waals surface area (Å²) in [5, 5.41) is 0. The summed E-state index contributed by atoms with van der Waals surface area (Å²) in [6.07, 6.45) is 2.32. The number of amides is 2. The van der Waals surface area contributed by atoms with Crippen LogP contribution in [0.1, 0.15) is 40.0 Å². The maximum absolute atomic E-state index is 12.2. The van der Waals surface area contributed by atoms with Crippen molar-refractivity contribution < 1.29 is 19.1 Å². The average molecular weight is 287 g/mol. The van der Waals surface area contributed by atoms with Crippen LogP contribution in [0.5, 0.6) is 0 Å². The van der Waals surface area contributed by atoms with Crippen LogP contribution in [-0.2, 0) is 9.53 Å². The third-order valence-electron chi connectivity index (χ3n) is 4.41. The largest absolute Gasteiger partial charge is 0.469 e. The summed E-state index contributed by atoms with van der Waals surface area (Å²) in [4.78, 5) is 37.0. The molecular weight excluding hydrogens is 270 g/mol. The van der Waals surface area contributed by atoms with Gasteiger partial charge in [-0.05, 0) is 37.3 Å². The minimum Gasteiger partial charge on any atom is -0.469 e. The Bertz CT molecular complexity index is 569. The Labute approximate surface area is 122 Å². The highest BCUT2D eigenvalue weighted by Gasteiger charge is 2.38. The van der Waals surface area contributed by atoms with Crippen LogP contribution in [0.25, 0.3) is 0 Å². The number of esters is 1. The van der Waals surface area contributed by atoms with E-state index in [4.69, 9.17) is 4.74 Å². The van der Waals surface area contributed by atoms with Crippen LogP contribution in [-0.4, -0.2) is 36.3 Å². The van der Waals surface area contributed by atoms with Crippen molar-refractivity contribution in [1.29, 1.82) is 0 Å². The fourth-order valence-corrected chi connectivity index (χ4v) is 3.08. The fraction of sp³-hybridized carbons (Fsp3) is 0.438. The molecule has 1 fully saturated rings. The number of ether oxygens (including phenoxy) is 1. The van der Waals surface area contributed by atoms with Crippen molar-refractivity contribution in [3.63, 3.8) is 0 Å². The molecule has 0 spiro atoms. The second-order valence-electron chi connectivity index (χ2n) is 5.65. The van der Waals surface area contributed by atoms with Crippen molar-refractivity contribution in [1.82, 2.24) is 4.90 Å². The lowest BCUT2D eigenvalue weighted by Crippen LogP contribution is -2.36. The number of carbonyl (C=O) groups excluding carboxylic acids is 3. The van der Waals surface area contributed by atoms with Gasteiger partial charge < -0.3 is 4.74 Å². The molecule has 1 aliphatic carbocycles. The molecule has 0 aromatic heterocycles. The van der Waals surface area contributed by atoms with Crippen LogP contribution in [0.2, 0.25) is 0 Å². The number of rotatable bonds is 4. The summed E-state index contributed by atoms with van der Waals surface area (Å²) in [7, 11) is 1.40. The standard InChI is InChI=1S/C16H17NO4/c1-21-16(20)11-8-10(9-11)6-7-17-14(18)12-4-2-3-5-13(12)15(17)19/h2-5,10-11H,6-9H2,1H3. The smallest absolute Gasteiger partial charge is 0.308 e. The molecule has 0 N–H and O–H groups in total. The van der Waals surface area contributed by atoms with Crippen molar-refractivity contribution in [3.8, 4) is 0 Å². The number of hydrogen-bond acceptors (Lipinski definition) is 4. The van der Waals surface area contributed by atoms with Gasteiger partial charge in [0.2, 0.25) is 0 Å². The minimum atomic E-state index is -0.209. The predicted molar refractivity (Wildman–Crippen MR) is 74.7 cm³/mol. The second kappa shape index (κ2) is 5.31. The van der Waals surface area contributed by atoms with Gasteiger partial charge >= 0.3 is 5.97 Å². The first-order valence-corrected chi connectivity index (χ1v) is 7.15. The number of methoxy groups -OCH3 is 1. The van der Waals surface area contributed by atoms with Gasteiger partial charge in [0.05, 0.1) is 24.2 Å². The molecule has 1 saturated carbocycles. The van der Waals surface area contributed by atoms with Crippen LogP contribution in [0.3, 0.4) is 0 Å². The normalized spacial score (nSPS) is 23.8. The second-order valence-corrected chi connectivity index (χ2v) is 5.65. The maximum atomic E-state index is 12.2. The number of nitrogens with zero attached hydrogens (tertiary/aromatic N) is 1. The molecule has 0 atom stereocenters. The highest BCUT2D eigenvalue weighted by molar-refractivity contribution is 6.21. The van der Waals surface area contributed by atoms with E-state index < -0.39 is 0 Å². The van der Waals surface area contributed by atoms with Gasteiger partial charge in [0.15, 0.2) is 0 Å². The SMILES string of the molecule is COC(=O)C1CC(CCN2C(=O)c3ccccc3C2=O)C1. The summed E-state index contributed by atoms with van der Waals surface area (Å²) in [6, 6.07) is 6.90. The molecule has 2 amide bonds. The van der Waals surface area contributed by atoms with E-state index in [2.05, 4.69) is 0 Å². The summed E-state index contributed by atoms with van der Waals surface area (Å²) in [5.74, 6) is -0.202. The highest BCUT2D eigenvalue weighted by atomic mass is 16.5. The molecule has 1 aromatic carbocycles. The van der Waals surface area contributed by atoms with Gasteiger partial charge in [0, 0.05) is 6.54 Å². The molecule has 0 unspecified atom stereocenters. The van der Waals surface area contributed by atoms with Crippen molar-refractivity contribution >= 4 is 17.8 Å². The van der Waals surface area contributed by atoms with Crippen LogP contribution in [0.15, 0.2) is 24.3 Å². The molecule has 1 aliphatic heterocycles. The van der Waals surface area contributed by atoms with E-state index in [0.29, 0.717) is 23.6 Å². The van der Waals surface area contributed by atoms with E-state index in [0.717, 1.165) is 19.3 Å². The molecule has 0 bridgehead atoms. The Hall–Kier alpha value is -2.17. The lowest BCUT2D eigenvalue weighted by Gasteiger charge is -2.33. The van der Waals surface area contributed by atoms with Gasteiger partial charge in [-0.25, -0.2) is 0 Å². The zero-order valence-electron chi connectivity index (χ0n) is 11.9. The minimum absolute atomic E-state index is 0.0119. The molecule has 0 saturated heterocycles. The van der Waals surface area contributed by atoms with E-state index in [1.807, 2.05) is 0 Å². The molecule has 21 heavy (non-hydrogen) atoms. The Kier molecular flexibility index (Phi) is 3.49. The van der Waals surface area contributed by atoms with E-state index in [1.54, 1.807) is 24.3 Å². The third-order valence-corrected chi connectivity index (χ3v) is 4.41. The van der Waals surface area contributed by atoms with Crippen molar-refractivity contribution in [2.24, 2.45) is 11.8 Å². The van der Waals surface area contributed by atoms with Crippen molar-refractivity contribution in [2.75, 3.05) is 13.7 Å². The molecule has 5 heteroatoms. The predicted octanol–water partition coefficient (Wildman–Crippen LogP) is 1.87. The number of hydrogen-bond donors (Lipinski definition) is 0. The van der Waals surface area contributed by atoms with Gasteiger partial charge in [0.25, 0.3) is 11.8 Å². The number of fused-ring (bicyclic) bond motifs is 1. The van der Waals surface area contributed by atoms with Gasteiger partial charge in [-0.2, -0.15) is 0 Å². The zero-order valence-corrected chi connectivity index (χ0v) is 11.9. The fourth-order valence-electron chi connectivity index (χ4n) is 3.08. The van der Waals surface area contributed by atoms with Crippen LogP contribution in [0.4, 0.5) is 0 Å².